The number of morpholine rings is 1. The molecule has 0 bridgehead atoms. The summed E-state index contributed by atoms with van der Waals surface area (Å²) in [6, 6.07) is 11.1. The van der Waals surface area contributed by atoms with Crippen molar-refractivity contribution in [2.45, 2.75) is 32.6 Å². The Balaban J connectivity index is 1.54. The van der Waals surface area contributed by atoms with Gasteiger partial charge in [-0.25, -0.2) is 0 Å². The first-order chi connectivity index (χ1) is 11.3. The molecule has 1 aliphatic heterocycles. The lowest BCUT2D eigenvalue weighted by Crippen LogP contribution is -2.36. The van der Waals surface area contributed by atoms with E-state index in [4.69, 9.17) is 4.74 Å². The van der Waals surface area contributed by atoms with E-state index in [1.54, 1.807) is 0 Å². The van der Waals surface area contributed by atoms with Gasteiger partial charge in [-0.05, 0) is 24.1 Å². The molecule has 0 aliphatic carbocycles. The second kappa shape index (κ2) is 8.24. The van der Waals surface area contributed by atoms with E-state index in [-0.39, 0.29) is 0 Å². The van der Waals surface area contributed by atoms with Crippen LogP contribution >= 0.6 is 0 Å². The maximum Gasteiger partial charge on any atom is 0.0594 e. The van der Waals surface area contributed by atoms with Crippen molar-refractivity contribution in [1.29, 1.82) is 0 Å². The van der Waals surface area contributed by atoms with Gasteiger partial charge in [-0.3, -0.25) is 9.58 Å². The summed E-state index contributed by atoms with van der Waals surface area (Å²) >= 11 is 0. The molecule has 0 radical (unpaired) electrons. The van der Waals surface area contributed by atoms with Gasteiger partial charge >= 0.3 is 0 Å². The van der Waals surface area contributed by atoms with Crippen LogP contribution in [0.25, 0.3) is 0 Å². The molecule has 23 heavy (non-hydrogen) atoms. The van der Waals surface area contributed by atoms with Crippen LogP contribution in [0, 0.1) is 0 Å². The maximum absolute atomic E-state index is 5.43. The fraction of sp³-hybridized carbons (Fsp3) is 0.500. The highest BCUT2D eigenvalue weighted by molar-refractivity contribution is 5.27. The number of nitrogens with one attached hydrogen (secondary N) is 1. The van der Waals surface area contributed by atoms with Gasteiger partial charge in [0.15, 0.2) is 0 Å². The molecule has 1 saturated heterocycles. The third-order valence-corrected chi connectivity index (χ3v) is 4.28. The highest BCUT2D eigenvalue weighted by Crippen LogP contribution is 2.13. The van der Waals surface area contributed by atoms with Crippen molar-refractivity contribution in [2.75, 3.05) is 26.3 Å². The standard InChI is InChI=1S/C18H26N4O/c1-16(14-22-8-4-7-20-22)19-13-17-5-2-3-6-18(17)15-21-9-11-23-12-10-21/h2-8,16,19H,9-15H2,1H3/t16-/m0/s1. The third-order valence-electron chi connectivity index (χ3n) is 4.28. The van der Waals surface area contributed by atoms with E-state index >= 15 is 0 Å². The van der Waals surface area contributed by atoms with Gasteiger partial charge in [-0.15, -0.1) is 0 Å². The summed E-state index contributed by atoms with van der Waals surface area (Å²) < 4.78 is 7.40. The lowest BCUT2D eigenvalue weighted by atomic mass is 10.1. The van der Waals surface area contributed by atoms with E-state index in [0.717, 1.165) is 45.9 Å². The Kier molecular flexibility index (Phi) is 5.80. The largest absolute Gasteiger partial charge is 0.379 e. The van der Waals surface area contributed by atoms with Crippen LogP contribution in [0.1, 0.15) is 18.1 Å². The minimum Gasteiger partial charge on any atom is -0.379 e. The lowest BCUT2D eigenvalue weighted by Gasteiger charge is -2.27. The smallest absolute Gasteiger partial charge is 0.0594 e. The predicted octanol–water partition coefficient (Wildman–Crippen LogP) is 1.89. The first-order valence-corrected chi connectivity index (χ1v) is 8.39. The van der Waals surface area contributed by atoms with Gasteiger partial charge in [0, 0.05) is 44.6 Å². The van der Waals surface area contributed by atoms with Crippen LogP contribution in [0.4, 0.5) is 0 Å². The van der Waals surface area contributed by atoms with Crippen molar-refractivity contribution in [2.24, 2.45) is 0 Å². The van der Waals surface area contributed by atoms with Crippen molar-refractivity contribution < 1.29 is 4.74 Å². The van der Waals surface area contributed by atoms with E-state index in [9.17, 15) is 0 Å². The molecule has 1 N–H and O–H groups in total. The quantitative estimate of drug-likeness (QED) is 0.847. The van der Waals surface area contributed by atoms with Crippen LogP contribution in [0.15, 0.2) is 42.7 Å². The number of nitrogens with zero attached hydrogens (tertiary/aromatic N) is 3. The minimum atomic E-state index is 0.381. The Morgan fingerprint density at radius 3 is 2.70 bits per heavy atom. The van der Waals surface area contributed by atoms with Crippen LogP contribution < -0.4 is 5.32 Å². The monoisotopic (exact) mass is 314 g/mol. The minimum absolute atomic E-state index is 0.381. The van der Waals surface area contributed by atoms with Gasteiger partial charge in [-0.1, -0.05) is 24.3 Å². The SMILES string of the molecule is C[C@@H](Cn1cccn1)NCc1ccccc1CN1CCOCC1. The number of hydrogen-bond donors (Lipinski definition) is 1. The van der Waals surface area contributed by atoms with Crippen molar-refractivity contribution >= 4 is 0 Å². The van der Waals surface area contributed by atoms with Crippen LogP contribution in [-0.4, -0.2) is 47.0 Å². The molecule has 1 aromatic carbocycles. The molecule has 0 saturated carbocycles. The summed E-state index contributed by atoms with van der Waals surface area (Å²) in [5.74, 6) is 0. The summed E-state index contributed by atoms with van der Waals surface area (Å²) in [4.78, 5) is 2.47. The molecule has 2 aromatic rings. The summed E-state index contributed by atoms with van der Waals surface area (Å²) in [6.45, 7) is 8.74. The third kappa shape index (κ3) is 4.89. The second-order valence-corrected chi connectivity index (χ2v) is 6.17. The zero-order valence-corrected chi connectivity index (χ0v) is 13.8. The zero-order chi connectivity index (χ0) is 15.9. The molecule has 0 unspecified atom stereocenters. The van der Waals surface area contributed by atoms with Crippen molar-refractivity contribution in [3.63, 3.8) is 0 Å². The molecule has 5 nitrogen and oxygen atoms in total. The van der Waals surface area contributed by atoms with E-state index in [1.807, 2.05) is 23.1 Å². The first-order valence-electron chi connectivity index (χ1n) is 8.39. The number of benzene rings is 1. The van der Waals surface area contributed by atoms with Crippen LogP contribution in [0.3, 0.4) is 0 Å². The van der Waals surface area contributed by atoms with E-state index in [2.05, 4.69) is 46.5 Å². The molecule has 0 spiro atoms. The van der Waals surface area contributed by atoms with E-state index < -0.39 is 0 Å². The first kappa shape index (κ1) is 16.2. The topological polar surface area (TPSA) is 42.3 Å². The molecule has 1 aromatic heterocycles. The van der Waals surface area contributed by atoms with E-state index in [0.29, 0.717) is 6.04 Å². The lowest BCUT2D eigenvalue weighted by molar-refractivity contribution is 0.0340. The van der Waals surface area contributed by atoms with Crippen molar-refractivity contribution in [3.05, 3.63) is 53.9 Å². The van der Waals surface area contributed by atoms with E-state index in [1.165, 1.54) is 11.1 Å². The number of aromatic nitrogens is 2. The Morgan fingerprint density at radius 2 is 1.96 bits per heavy atom. The average Bonchev–Trinajstić information content (AvgIpc) is 3.08. The summed E-state index contributed by atoms with van der Waals surface area (Å²) in [7, 11) is 0. The van der Waals surface area contributed by atoms with Crippen LogP contribution in [-0.2, 0) is 24.4 Å². The van der Waals surface area contributed by atoms with Crippen molar-refractivity contribution in [1.82, 2.24) is 20.0 Å². The highest BCUT2D eigenvalue weighted by Gasteiger charge is 2.13. The van der Waals surface area contributed by atoms with Gasteiger partial charge < -0.3 is 10.1 Å². The maximum atomic E-state index is 5.43. The molecular weight excluding hydrogens is 288 g/mol. The van der Waals surface area contributed by atoms with Crippen molar-refractivity contribution in [3.8, 4) is 0 Å². The Hall–Kier alpha value is -1.69. The Morgan fingerprint density at radius 1 is 1.17 bits per heavy atom. The Labute approximate surface area is 138 Å². The predicted molar refractivity (Wildman–Crippen MR) is 91.1 cm³/mol. The molecule has 3 rings (SSSR count). The van der Waals surface area contributed by atoms with Crippen LogP contribution in [0.5, 0.6) is 0 Å². The fourth-order valence-electron chi connectivity index (χ4n) is 2.92. The van der Waals surface area contributed by atoms with Gasteiger partial charge in [-0.2, -0.15) is 5.10 Å². The number of rotatable bonds is 7. The highest BCUT2D eigenvalue weighted by atomic mass is 16.5. The number of ether oxygens (including phenoxy) is 1. The summed E-state index contributed by atoms with van der Waals surface area (Å²) in [5, 5.41) is 7.88. The zero-order valence-electron chi connectivity index (χ0n) is 13.8. The normalized spacial score (nSPS) is 17.3. The van der Waals surface area contributed by atoms with Gasteiger partial charge in [0.05, 0.1) is 19.8 Å². The molecule has 5 heteroatoms. The molecule has 2 heterocycles. The molecule has 1 aliphatic rings. The number of hydrogen-bond acceptors (Lipinski definition) is 4. The fourth-order valence-corrected chi connectivity index (χ4v) is 2.92. The van der Waals surface area contributed by atoms with Gasteiger partial charge in [0.25, 0.3) is 0 Å². The average molecular weight is 314 g/mol. The molecule has 0 amide bonds. The van der Waals surface area contributed by atoms with Crippen LogP contribution in [0.2, 0.25) is 0 Å². The Bertz CT molecular complexity index is 578. The molecule has 1 fully saturated rings. The second-order valence-electron chi connectivity index (χ2n) is 6.17. The molecule has 124 valence electrons. The van der Waals surface area contributed by atoms with Gasteiger partial charge in [0.2, 0.25) is 0 Å². The summed E-state index contributed by atoms with van der Waals surface area (Å²) in [6.07, 6.45) is 3.83. The van der Waals surface area contributed by atoms with Gasteiger partial charge in [0.1, 0.15) is 0 Å². The molecular formula is C18H26N4O. The summed E-state index contributed by atoms with van der Waals surface area (Å²) in [5.41, 5.74) is 2.79. The molecule has 1 atom stereocenters.